The smallest absolute Gasteiger partial charge is 0.182 e. The van der Waals surface area contributed by atoms with Gasteiger partial charge in [0.2, 0.25) is 0 Å². The van der Waals surface area contributed by atoms with Gasteiger partial charge in [-0.2, -0.15) is 5.10 Å². The Morgan fingerprint density at radius 1 is 1.17 bits per heavy atom. The van der Waals surface area contributed by atoms with Crippen molar-refractivity contribution in [3.63, 3.8) is 0 Å². The summed E-state index contributed by atoms with van der Waals surface area (Å²) >= 11 is 3.51. The third kappa shape index (κ3) is 3.40. The van der Waals surface area contributed by atoms with Crippen molar-refractivity contribution in [2.24, 2.45) is 5.73 Å². The maximum absolute atomic E-state index is 5.46. The molecule has 4 nitrogen and oxygen atoms in total. The van der Waals surface area contributed by atoms with E-state index in [-0.39, 0.29) is 0 Å². The topological polar surface area (TPSA) is 67.6 Å². The van der Waals surface area contributed by atoms with Crippen molar-refractivity contribution in [2.75, 3.05) is 6.54 Å². The molecule has 3 N–H and O–H groups in total. The Morgan fingerprint density at radius 2 is 2.00 bits per heavy atom. The van der Waals surface area contributed by atoms with Crippen molar-refractivity contribution in [2.45, 2.75) is 25.7 Å². The van der Waals surface area contributed by atoms with Gasteiger partial charge in [-0.3, -0.25) is 5.10 Å². The molecule has 1 heterocycles. The van der Waals surface area contributed by atoms with Crippen LogP contribution in [0.5, 0.6) is 0 Å². The second kappa shape index (κ2) is 6.66. The molecule has 2 rings (SSSR count). The number of aryl methyl sites for hydroxylation is 1. The van der Waals surface area contributed by atoms with Crippen LogP contribution in [-0.4, -0.2) is 21.7 Å². The summed E-state index contributed by atoms with van der Waals surface area (Å²) in [6, 6.07) is 7.96. The minimum atomic E-state index is 0.747. The molecule has 1 aromatic heterocycles. The Hall–Kier alpha value is -1.20. The molecule has 0 radical (unpaired) electrons. The summed E-state index contributed by atoms with van der Waals surface area (Å²) < 4.78 is 1.01. The van der Waals surface area contributed by atoms with Gasteiger partial charge in [0.15, 0.2) is 5.82 Å². The summed E-state index contributed by atoms with van der Waals surface area (Å²) in [5, 5.41) is 7.25. The van der Waals surface area contributed by atoms with E-state index in [1.54, 1.807) is 0 Å². The maximum atomic E-state index is 5.46. The Kier molecular flexibility index (Phi) is 4.90. The van der Waals surface area contributed by atoms with Crippen LogP contribution in [0.4, 0.5) is 0 Å². The van der Waals surface area contributed by atoms with Gasteiger partial charge < -0.3 is 5.73 Å². The second-order valence-corrected chi connectivity index (χ2v) is 5.04. The van der Waals surface area contributed by atoms with E-state index in [2.05, 4.69) is 31.1 Å². The lowest BCUT2D eigenvalue weighted by molar-refractivity contribution is 0.670. The van der Waals surface area contributed by atoms with Crippen molar-refractivity contribution in [1.82, 2.24) is 15.2 Å². The Bertz CT molecular complexity index is 495. The number of nitrogens with zero attached hydrogens (tertiary/aromatic N) is 2. The predicted octanol–water partition coefficient (Wildman–Crippen LogP) is 2.91. The minimum absolute atomic E-state index is 0.747. The van der Waals surface area contributed by atoms with Gasteiger partial charge in [0.25, 0.3) is 0 Å². The van der Waals surface area contributed by atoms with E-state index in [1.165, 1.54) is 0 Å². The predicted molar refractivity (Wildman–Crippen MR) is 76.1 cm³/mol. The number of H-pyrrole nitrogens is 1. The van der Waals surface area contributed by atoms with Crippen LogP contribution in [0.15, 0.2) is 28.7 Å². The first-order valence-corrected chi connectivity index (χ1v) is 6.97. The highest BCUT2D eigenvalue weighted by atomic mass is 79.9. The fourth-order valence-corrected chi connectivity index (χ4v) is 2.25. The third-order valence-electron chi connectivity index (χ3n) is 2.76. The first-order valence-electron chi connectivity index (χ1n) is 6.17. The Labute approximate surface area is 115 Å². The number of hydrogen-bond donors (Lipinski definition) is 2. The van der Waals surface area contributed by atoms with Gasteiger partial charge in [-0.15, -0.1) is 0 Å². The standard InChI is InChI=1S/C13H17BrN4/c14-11-7-4-3-6-10(11)13-16-12(17-18-13)8-2-1-5-9-15/h3-4,6-7H,1-2,5,8-9,15H2,(H,16,17,18). The van der Waals surface area contributed by atoms with Gasteiger partial charge in [0.05, 0.1) is 0 Å². The van der Waals surface area contributed by atoms with E-state index < -0.39 is 0 Å². The SMILES string of the molecule is NCCCCCc1nc(-c2ccccc2Br)n[nH]1. The quantitative estimate of drug-likeness (QED) is 0.806. The zero-order valence-corrected chi connectivity index (χ0v) is 11.8. The summed E-state index contributed by atoms with van der Waals surface area (Å²) in [4.78, 5) is 4.51. The molecule has 18 heavy (non-hydrogen) atoms. The zero-order chi connectivity index (χ0) is 12.8. The van der Waals surface area contributed by atoms with Gasteiger partial charge in [0, 0.05) is 16.5 Å². The largest absolute Gasteiger partial charge is 0.330 e. The highest BCUT2D eigenvalue weighted by Gasteiger charge is 2.08. The number of halogens is 1. The number of aromatic nitrogens is 3. The molecular weight excluding hydrogens is 292 g/mol. The molecular formula is C13H17BrN4. The maximum Gasteiger partial charge on any atom is 0.182 e. The average molecular weight is 309 g/mol. The lowest BCUT2D eigenvalue weighted by Gasteiger charge is -1.98. The summed E-state index contributed by atoms with van der Waals surface area (Å²) in [5.41, 5.74) is 6.48. The minimum Gasteiger partial charge on any atom is -0.330 e. The number of hydrogen-bond acceptors (Lipinski definition) is 3. The van der Waals surface area contributed by atoms with Crippen LogP contribution < -0.4 is 5.73 Å². The van der Waals surface area contributed by atoms with Crippen LogP contribution in [0, 0.1) is 0 Å². The van der Waals surface area contributed by atoms with Crippen molar-refractivity contribution >= 4 is 15.9 Å². The van der Waals surface area contributed by atoms with E-state index in [4.69, 9.17) is 5.73 Å². The number of benzene rings is 1. The molecule has 1 aromatic carbocycles. The molecule has 0 fully saturated rings. The van der Waals surface area contributed by atoms with Crippen LogP contribution >= 0.6 is 15.9 Å². The van der Waals surface area contributed by atoms with Crippen LogP contribution in [0.2, 0.25) is 0 Å². The molecule has 0 aliphatic carbocycles. The first-order chi connectivity index (χ1) is 8.81. The van der Waals surface area contributed by atoms with Crippen molar-refractivity contribution < 1.29 is 0 Å². The molecule has 0 aliphatic heterocycles. The van der Waals surface area contributed by atoms with E-state index in [9.17, 15) is 0 Å². The van der Waals surface area contributed by atoms with Gasteiger partial charge in [-0.1, -0.05) is 34.5 Å². The van der Waals surface area contributed by atoms with Crippen molar-refractivity contribution in [3.8, 4) is 11.4 Å². The monoisotopic (exact) mass is 308 g/mol. The van der Waals surface area contributed by atoms with Gasteiger partial charge in [-0.05, 0) is 31.5 Å². The summed E-state index contributed by atoms with van der Waals surface area (Å²) in [6.07, 6.45) is 4.24. The highest BCUT2D eigenvalue weighted by Crippen LogP contribution is 2.24. The molecule has 0 saturated heterocycles. The van der Waals surface area contributed by atoms with E-state index >= 15 is 0 Å². The normalized spacial score (nSPS) is 10.8. The summed E-state index contributed by atoms with van der Waals surface area (Å²) in [7, 11) is 0. The lowest BCUT2D eigenvalue weighted by Crippen LogP contribution is -1.98. The fourth-order valence-electron chi connectivity index (χ4n) is 1.78. The third-order valence-corrected chi connectivity index (χ3v) is 3.46. The van der Waals surface area contributed by atoms with Crippen LogP contribution in [0.3, 0.4) is 0 Å². The van der Waals surface area contributed by atoms with E-state index in [0.29, 0.717) is 0 Å². The fraction of sp³-hybridized carbons (Fsp3) is 0.385. The molecule has 0 saturated carbocycles. The van der Waals surface area contributed by atoms with Crippen molar-refractivity contribution in [1.29, 1.82) is 0 Å². The Morgan fingerprint density at radius 3 is 2.78 bits per heavy atom. The Balaban J connectivity index is 2.00. The van der Waals surface area contributed by atoms with Crippen LogP contribution in [0.25, 0.3) is 11.4 Å². The molecule has 0 atom stereocenters. The number of rotatable bonds is 6. The highest BCUT2D eigenvalue weighted by molar-refractivity contribution is 9.10. The number of aromatic amines is 1. The molecule has 0 bridgehead atoms. The second-order valence-electron chi connectivity index (χ2n) is 4.18. The number of unbranched alkanes of at least 4 members (excludes halogenated alkanes) is 2. The summed E-state index contributed by atoms with van der Waals surface area (Å²) in [5.74, 6) is 1.69. The van der Waals surface area contributed by atoms with Gasteiger partial charge in [-0.25, -0.2) is 4.98 Å². The first kappa shape index (κ1) is 13.2. The van der Waals surface area contributed by atoms with Crippen molar-refractivity contribution in [3.05, 3.63) is 34.6 Å². The lowest BCUT2D eigenvalue weighted by atomic mass is 10.2. The molecule has 0 unspecified atom stereocenters. The van der Waals surface area contributed by atoms with Crippen LogP contribution in [0.1, 0.15) is 25.1 Å². The van der Waals surface area contributed by atoms with E-state index in [1.807, 2.05) is 24.3 Å². The molecule has 0 aliphatic rings. The number of nitrogens with one attached hydrogen (secondary N) is 1. The molecule has 0 spiro atoms. The van der Waals surface area contributed by atoms with Crippen LogP contribution in [-0.2, 0) is 6.42 Å². The zero-order valence-electron chi connectivity index (χ0n) is 10.2. The van der Waals surface area contributed by atoms with Gasteiger partial charge >= 0.3 is 0 Å². The average Bonchev–Trinajstić information content (AvgIpc) is 2.84. The molecule has 96 valence electrons. The van der Waals surface area contributed by atoms with Gasteiger partial charge in [0.1, 0.15) is 5.82 Å². The summed E-state index contributed by atoms with van der Waals surface area (Å²) in [6.45, 7) is 0.763. The number of nitrogens with two attached hydrogens (primary N) is 1. The molecule has 5 heteroatoms. The molecule has 2 aromatic rings. The van der Waals surface area contributed by atoms with E-state index in [0.717, 1.165) is 53.9 Å². The molecule has 0 amide bonds.